The van der Waals surface area contributed by atoms with E-state index in [1.807, 2.05) is 50.3 Å². The van der Waals surface area contributed by atoms with Gasteiger partial charge in [-0.25, -0.2) is 9.59 Å². The van der Waals surface area contributed by atoms with E-state index in [-0.39, 0.29) is 0 Å². The monoisotopic (exact) mass is 376 g/mol. The molecular formula is C24H24O4. The van der Waals surface area contributed by atoms with E-state index in [0.29, 0.717) is 35.1 Å². The van der Waals surface area contributed by atoms with Gasteiger partial charge in [-0.1, -0.05) is 86.7 Å². The van der Waals surface area contributed by atoms with Crippen LogP contribution in [0.2, 0.25) is 0 Å². The molecule has 2 N–H and O–H groups in total. The quantitative estimate of drug-likeness (QED) is 0.464. The summed E-state index contributed by atoms with van der Waals surface area (Å²) in [6.45, 7) is 3.81. The molecule has 28 heavy (non-hydrogen) atoms. The fourth-order valence-corrected chi connectivity index (χ4v) is 2.81. The van der Waals surface area contributed by atoms with E-state index in [1.54, 1.807) is 36.4 Å². The average Bonchev–Trinajstić information content (AvgIpc) is 2.69. The van der Waals surface area contributed by atoms with E-state index < -0.39 is 11.9 Å². The molecule has 2 aromatic carbocycles. The minimum Gasteiger partial charge on any atom is -0.478 e. The summed E-state index contributed by atoms with van der Waals surface area (Å²) in [6.07, 6.45) is 8.60. The van der Waals surface area contributed by atoms with Gasteiger partial charge in [0.25, 0.3) is 0 Å². The van der Waals surface area contributed by atoms with E-state index >= 15 is 0 Å². The van der Waals surface area contributed by atoms with E-state index in [0.717, 1.165) is 11.1 Å². The van der Waals surface area contributed by atoms with Crippen LogP contribution < -0.4 is 0 Å². The molecule has 4 heteroatoms. The lowest BCUT2D eigenvalue weighted by Gasteiger charge is -2.04. The van der Waals surface area contributed by atoms with Crippen LogP contribution in [0.5, 0.6) is 0 Å². The van der Waals surface area contributed by atoms with Crippen LogP contribution in [0.1, 0.15) is 48.9 Å². The van der Waals surface area contributed by atoms with Crippen LogP contribution >= 0.6 is 0 Å². The Morgan fingerprint density at radius 3 is 1.25 bits per heavy atom. The van der Waals surface area contributed by atoms with Gasteiger partial charge in [-0.15, -0.1) is 0 Å². The first-order chi connectivity index (χ1) is 13.5. The van der Waals surface area contributed by atoms with Gasteiger partial charge in [-0.05, 0) is 35.1 Å². The highest BCUT2D eigenvalue weighted by atomic mass is 16.4. The summed E-state index contributed by atoms with van der Waals surface area (Å²) in [4.78, 5) is 22.6. The Bertz CT molecular complexity index is 837. The van der Waals surface area contributed by atoms with Gasteiger partial charge in [0.2, 0.25) is 0 Å². The Balaban J connectivity index is 2.16. The minimum atomic E-state index is -0.928. The second-order valence-electron chi connectivity index (χ2n) is 6.24. The second-order valence-corrected chi connectivity index (χ2v) is 6.24. The summed E-state index contributed by atoms with van der Waals surface area (Å²) < 4.78 is 0. The van der Waals surface area contributed by atoms with Crippen molar-refractivity contribution in [3.8, 4) is 0 Å². The molecule has 0 aliphatic carbocycles. The highest BCUT2D eigenvalue weighted by molar-refractivity contribution is 6.15. The number of hydrogen-bond donors (Lipinski definition) is 2. The molecule has 4 nitrogen and oxygen atoms in total. The van der Waals surface area contributed by atoms with Crippen molar-refractivity contribution < 1.29 is 19.8 Å². The van der Waals surface area contributed by atoms with Crippen molar-refractivity contribution in [2.45, 2.75) is 26.7 Å². The summed E-state index contributed by atoms with van der Waals surface area (Å²) >= 11 is 0. The fraction of sp³-hybridized carbons (Fsp3) is 0.167. The van der Waals surface area contributed by atoms with Crippen LogP contribution in [-0.2, 0) is 9.59 Å². The smallest absolute Gasteiger partial charge is 0.335 e. The third-order valence-electron chi connectivity index (χ3n) is 4.19. The maximum absolute atomic E-state index is 11.3. The van der Waals surface area contributed by atoms with Gasteiger partial charge in [0, 0.05) is 0 Å². The molecule has 0 radical (unpaired) electrons. The largest absolute Gasteiger partial charge is 0.478 e. The number of benzene rings is 2. The van der Waals surface area contributed by atoms with Gasteiger partial charge in [0.1, 0.15) is 0 Å². The van der Waals surface area contributed by atoms with Crippen LogP contribution in [0.4, 0.5) is 0 Å². The highest BCUT2D eigenvalue weighted by Crippen LogP contribution is 2.19. The topological polar surface area (TPSA) is 74.6 Å². The number of carbonyl (C=O) groups is 2. The predicted octanol–water partition coefficient (Wildman–Crippen LogP) is 5.61. The summed E-state index contributed by atoms with van der Waals surface area (Å²) in [7, 11) is 0. The molecule has 0 bridgehead atoms. The number of carboxylic acid groups (broad SMARTS) is 2. The predicted molar refractivity (Wildman–Crippen MR) is 114 cm³/mol. The van der Waals surface area contributed by atoms with Crippen molar-refractivity contribution in [2.24, 2.45) is 0 Å². The van der Waals surface area contributed by atoms with Crippen molar-refractivity contribution in [1.29, 1.82) is 0 Å². The number of allylic oxidation sites excluding steroid dienone is 2. The van der Waals surface area contributed by atoms with Gasteiger partial charge in [0.15, 0.2) is 0 Å². The van der Waals surface area contributed by atoms with E-state index in [9.17, 15) is 19.8 Å². The maximum Gasteiger partial charge on any atom is 0.335 e. The average molecular weight is 376 g/mol. The first kappa shape index (κ1) is 20.9. The van der Waals surface area contributed by atoms with Crippen molar-refractivity contribution in [3.05, 3.63) is 82.9 Å². The lowest BCUT2D eigenvalue weighted by molar-refractivity contribution is -0.131. The molecule has 0 amide bonds. The summed E-state index contributed by atoms with van der Waals surface area (Å²) in [5.74, 6) is -1.86. The van der Waals surface area contributed by atoms with Gasteiger partial charge in [-0.2, -0.15) is 0 Å². The zero-order valence-electron chi connectivity index (χ0n) is 16.1. The van der Waals surface area contributed by atoms with Crippen LogP contribution in [0.15, 0.2) is 60.7 Å². The normalized spacial score (nSPS) is 12.4. The lowest BCUT2D eigenvalue weighted by Crippen LogP contribution is -1.99. The van der Waals surface area contributed by atoms with Crippen molar-refractivity contribution in [2.75, 3.05) is 0 Å². The van der Waals surface area contributed by atoms with Gasteiger partial charge in [-0.3, -0.25) is 0 Å². The molecule has 144 valence electrons. The molecule has 2 aromatic rings. The molecule has 0 spiro atoms. The highest BCUT2D eigenvalue weighted by Gasteiger charge is 2.10. The number of hydrogen-bond acceptors (Lipinski definition) is 2. The molecule has 0 heterocycles. The fourth-order valence-electron chi connectivity index (χ4n) is 2.81. The van der Waals surface area contributed by atoms with Crippen LogP contribution in [0.3, 0.4) is 0 Å². The zero-order valence-corrected chi connectivity index (χ0v) is 16.1. The Labute approximate surface area is 165 Å². The van der Waals surface area contributed by atoms with Gasteiger partial charge >= 0.3 is 11.9 Å². The summed E-state index contributed by atoms with van der Waals surface area (Å²) in [6, 6.07) is 14.7. The zero-order chi connectivity index (χ0) is 20.5. The van der Waals surface area contributed by atoms with Crippen LogP contribution in [0, 0.1) is 0 Å². The standard InChI is InChI=1S/C24H24O4/c1-3-5-21(23(25)26)19-13-9-17(10-14-19)7-8-18-11-15-20(16-12-18)22(6-4-2)24(27)28/h5-16H,3-4H2,1-2H3,(H,25,26)(H,27,28). The molecule has 0 saturated heterocycles. The molecule has 0 atom stereocenters. The molecule has 0 aliphatic heterocycles. The van der Waals surface area contributed by atoms with Gasteiger partial charge in [0.05, 0.1) is 11.1 Å². The van der Waals surface area contributed by atoms with Gasteiger partial charge < -0.3 is 10.2 Å². The van der Waals surface area contributed by atoms with E-state index in [1.165, 1.54) is 0 Å². The first-order valence-electron chi connectivity index (χ1n) is 9.22. The lowest BCUT2D eigenvalue weighted by atomic mass is 10.0. The SMILES string of the molecule is CCC=C(C(=O)O)c1ccc(C=Cc2ccc(C(=CCC)C(=O)O)cc2)cc1. The molecule has 0 unspecified atom stereocenters. The molecule has 0 aromatic heterocycles. The number of carboxylic acids is 2. The Morgan fingerprint density at radius 1 is 0.679 bits per heavy atom. The Kier molecular flexibility index (Phi) is 7.52. The van der Waals surface area contributed by atoms with Crippen LogP contribution in [-0.4, -0.2) is 22.2 Å². The summed E-state index contributed by atoms with van der Waals surface area (Å²) in [5.41, 5.74) is 3.88. The van der Waals surface area contributed by atoms with Crippen molar-refractivity contribution in [1.82, 2.24) is 0 Å². The summed E-state index contributed by atoms with van der Waals surface area (Å²) in [5, 5.41) is 18.6. The first-order valence-corrected chi connectivity index (χ1v) is 9.22. The van der Waals surface area contributed by atoms with E-state index in [4.69, 9.17) is 0 Å². The maximum atomic E-state index is 11.3. The Hall–Kier alpha value is -3.40. The van der Waals surface area contributed by atoms with Crippen LogP contribution in [0.25, 0.3) is 23.3 Å². The third-order valence-corrected chi connectivity index (χ3v) is 4.19. The molecule has 0 aliphatic rings. The molecule has 0 saturated carbocycles. The molecule has 2 rings (SSSR count). The Morgan fingerprint density at radius 2 is 1.00 bits per heavy atom. The van der Waals surface area contributed by atoms with Crippen molar-refractivity contribution in [3.63, 3.8) is 0 Å². The molecular weight excluding hydrogens is 352 g/mol. The van der Waals surface area contributed by atoms with E-state index in [2.05, 4.69) is 0 Å². The third kappa shape index (κ3) is 5.55. The van der Waals surface area contributed by atoms with Crippen molar-refractivity contribution >= 4 is 35.2 Å². The number of aliphatic carboxylic acids is 2. The minimum absolute atomic E-state index is 0.308. The molecule has 0 fully saturated rings. The second kappa shape index (κ2) is 10.1. The number of rotatable bonds is 8.